The number of hydrogen-bond acceptors (Lipinski definition) is 5. The molecule has 0 spiro atoms. The van der Waals surface area contributed by atoms with Gasteiger partial charge in [0.2, 0.25) is 5.91 Å². The van der Waals surface area contributed by atoms with Crippen molar-refractivity contribution in [1.29, 1.82) is 0 Å². The van der Waals surface area contributed by atoms with Crippen LogP contribution in [0.3, 0.4) is 0 Å². The predicted molar refractivity (Wildman–Crippen MR) is 69.9 cm³/mol. The summed E-state index contributed by atoms with van der Waals surface area (Å²) >= 11 is 0. The number of hydrogen-bond donors (Lipinski definition) is 1. The van der Waals surface area contributed by atoms with E-state index in [0.29, 0.717) is 13.0 Å². The van der Waals surface area contributed by atoms with Crippen molar-refractivity contribution in [2.45, 2.75) is 13.3 Å². The Morgan fingerprint density at radius 1 is 1.40 bits per heavy atom. The molecule has 20 heavy (non-hydrogen) atoms. The normalized spacial score (nSPS) is 9.90. The minimum atomic E-state index is -0.496. The van der Waals surface area contributed by atoms with Gasteiger partial charge in [0.15, 0.2) is 5.76 Å². The van der Waals surface area contributed by atoms with E-state index < -0.39 is 11.9 Å². The van der Waals surface area contributed by atoms with E-state index in [1.165, 1.54) is 24.3 Å². The summed E-state index contributed by atoms with van der Waals surface area (Å²) in [4.78, 5) is 36.1. The quantitative estimate of drug-likeness (QED) is 0.732. The molecule has 0 unspecified atom stereocenters. The number of carbonyl (C=O) groups excluding carboxylic acids is 3. The average Bonchev–Trinajstić information content (AvgIpc) is 2.97. The highest BCUT2D eigenvalue weighted by molar-refractivity contribution is 5.94. The van der Waals surface area contributed by atoms with Crippen LogP contribution in [0.1, 0.15) is 23.9 Å². The molecule has 7 nitrogen and oxygen atoms in total. The Morgan fingerprint density at radius 2 is 2.15 bits per heavy atom. The zero-order chi connectivity index (χ0) is 15.0. The zero-order valence-corrected chi connectivity index (χ0v) is 11.5. The highest BCUT2D eigenvalue weighted by Crippen LogP contribution is 1.99. The number of esters is 1. The summed E-state index contributed by atoms with van der Waals surface area (Å²) in [6.07, 6.45) is 2.08. The maximum absolute atomic E-state index is 11.9. The Morgan fingerprint density at radius 3 is 2.70 bits per heavy atom. The maximum Gasteiger partial charge on any atom is 0.325 e. The first-order valence-electron chi connectivity index (χ1n) is 6.24. The molecular formula is C13H18N2O5. The lowest BCUT2D eigenvalue weighted by molar-refractivity contribution is -0.146. The molecule has 1 heterocycles. The van der Waals surface area contributed by atoms with Gasteiger partial charge < -0.3 is 19.4 Å². The minimum Gasteiger partial charge on any atom is -0.468 e. The van der Waals surface area contributed by atoms with Crippen LogP contribution in [0.2, 0.25) is 0 Å². The van der Waals surface area contributed by atoms with E-state index in [9.17, 15) is 14.4 Å². The highest BCUT2D eigenvalue weighted by atomic mass is 16.5. The fourth-order valence-electron chi connectivity index (χ4n) is 1.54. The van der Waals surface area contributed by atoms with E-state index in [1.54, 1.807) is 6.07 Å². The maximum atomic E-state index is 11.9. The summed E-state index contributed by atoms with van der Waals surface area (Å²) in [6.45, 7) is 1.99. The van der Waals surface area contributed by atoms with Crippen molar-refractivity contribution in [3.8, 4) is 0 Å². The first-order valence-corrected chi connectivity index (χ1v) is 6.24. The van der Waals surface area contributed by atoms with E-state index in [0.717, 1.165) is 0 Å². The van der Waals surface area contributed by atoms with Gasteiger partial charge in [0.1, 0.15) is 6.54 Å². The molecule has 0 aliphatic carbocycles. The number of furan rings is 1. The van der Waals surface area contributed by atoms with Crippen molar-refractivity contribution in [3.63, 3.8) is 0 Å². The van der Waals surface area contributed by atoms with Gasteiger partial charge in [-0.15, -0.1) is 0 Å². The van der Waals surface area contributed by atoms with Gasteiger partial charge in [-0.3, -0.25) is 14.4 Å². The van der Waals surface area contributed by atoms with Crippen molar-refractivity contribution in [1.82, 2.24) is 10.2 Å². The Kier molecular flexibility index (Phi) is 6.28. The zero-order valence-electron chi connectivity index (χ0n) is 11.5. The van der Waals surface area contributed by atoms with E-state index in [4.69, 9.17) is 4.42 Å². The Hall–Kier alpha value is -2.31. The first-order chi connectivity index (χ1) is 9.58. The fraction of sp³-hybridized carbons (Fsp3) is 0.462. The average molecular weight is 282 g/mol. The van der Waals surface area contributed by atoms with Gasteiger partial charge in [-0.25, -0.2) is 0 Å². The summed E-state index contributed by atoms with van der Waals surface area (Å²) in [5.74, 6) is -1.19. The van der Waals surface area contributed by atoms with Gasteiger partial charge in [0, 0.05) is 6.54 Å². The van der Waals surface area contributed by atoms with Crippen LogP contribution in [0.5, 0.6) is 0 Å². The van der Waals surface area contributed by atoms with E-state index in [-0.39, 0.29) is 24.8 Å². The molecule has 2 amide bonds. The molecule has 110 valence electrons. The van der Waals surface area contributed by atoms with Gasteiger partial charge in [0.25, 0.3) is 5.91 Å². The van der Waals surface area contributed by atoms with Crippen molar-refractivity contribution in [3.05, 3.63) is 24.2 Å². The highest BCUT2D eigenvalue weighted by Gasteiger charge is 2.18. The number of methoxy groups -OCH3 is 1. The largest absolute Gasteiger partial charge is 0.468 e. The molecular weight excluding hydrogens is 264 g/mol. The van der Waals surface area contributed by atoms with Gasteiger partial charge >= 0.3 is 5.97 Å². The van der Waals surface area contributed by atoms with Crippen molar-refractivity contribution in [2.24, 2.45) is 0 Å². The number of nitrogens with one attached hydrogen (secondary N) is 1. The number of amides is 2. The summed E-state index contributed by atoms with van der Waals surface area (Å²) in [5.41, 5.74) is 0. The SMILES string of the molecule is CCCN(CC(=O)OC)C(=O)CNC(=O)c1ccco1. The summed E-state index contributed by atoms with van der Waals surface area (Å²) < 4.78 is 9.43. The fourth-order valence-corrected chi connectivity index (χ4v) is 1.54. The molecule has 1 rings (SSSR count). The van der Waals surface area contributed by atoms with Crippen LogP contribution in [0.25, 0.3) is 0 Å². The Balaban J connectivity index is 2.49. The molecule has 0 aromatic carbocycles. The molecule has 0 saturated carbocycles. The molecule has 0 aliphatic heterocycles. The van der Waals surface area contributed by atoms with Crippen molar-refractivity contribution in [2.75, 3.05) is 26.7 Å². The third kappa shape index (κ3) is 4.75. The predicted octanol–water partition coefficient (Wildman–Crippen LogP) is 0.421. The van der Waals surface area contributed by atoms with Crippen LogP contribution < -0.4 is 5.32 Å². The second-order valence-corrected chi connectivity index (χ2v) is 4.05. The number of carbonyl (C=O) groups is 3. The molecule has 0 radical (unpaired) electrons. The lowest BCUT2D eigenvalue weighted by Crippen LogP contribution is -2.43. The number of rotatable bonds is 7. The lowest BCUT2D eigenvalue weighted by Gasteiger charge is -2.20. The number of ether oxygens (including phenoxy) is 1. The Bertz CT molecular complexity index is 455. The summed E-state index contributed by atoms with van der Waals surface area (Å²) in [5, 5.41) is 2.44. The summed E-state index contributed by atoms with van der Waals surface area (Å²) in [7, 11) is 1.26. The third-order valence-corrected chi connectivity index (χ3v) is 2.54. The van der Waals surface area contributed by atoms with Gasteiger partial charge in [-0.2, -0.15) is 0 Å². The topological polar surface area (TPSA) is 88.9 Å². The van der Waals surface area contributed by atoms with Crippen molar-refractivity contribution >= 4 is 17.8 Å². The monoisotopic (exact) mass is 282 g/mol. The molecule has 0 saturated heterocycles. The molecule has 1 aromatic rings. The molecule has 0 bridgehead atoms. The van der Waals surface area contributed by atoms with E-state index >= 15 is 0 Å². The van der Waals surface area contributed by atoms with Crippen LogP contribution in [0, 0.1) is 0 Å². The first kappa shape index (κ1) is 15.7. The van der Waals surface area contributed by atoms with Crippen LogP contribution >= 0.6 is 0 Å². The third-order valence-electron chi connectivity index (χ3n) is 2.54. The van der Waals surface area contributed by atoms with Crippen molar-refractivity contribution < 1.29 is 23.5 Å². The second-order valence-electron chi connectivity index (χ2n) is 4.05. The molecule has 0 atom stereocenters. The molecule has 0 fully saturated rings. The molecule has 1 aromatic heterocycles. The van der Waals surface area contributed by atoms with Gasteiger partial charge in [0.05, 0.1) is 19.9 Å². The second kappa shape index (κ2) is 7.98. The van der Waals surface area contributed by atoms with Crippen LogP contribution in [0.4, 0.5) is 0 Å². The smallest absolute Gasteiger partial charge is 0.325 e. The van der Waals surface area contributed by atoms with E-state index in [2.05, 4.69) is 10.1 Å². The standard InChI is InChI=1S/C13H18N2O5/c1-3-6-15(9-12(17)19-2)11(16)8-14-13(18)10-5-4-7-20-10/h4-5,7H,3,6,8-9H2,1-2H3,(H,14,18). The van der Waals surface area contributed by atoms with Gasteiger partial charge in [-0.05, 0) is 18.6 Å². The van der Waals surface area contributed by atoms with E-state index in [1.807, 2.05) is 6.92 Å². The van der Waals surface area contributed by atoms with Gasteiger partial charge in [-0.1, -0.05) is 6.92 Å². The van der Waals surface area contributed by atoms with Crippen LogP contribution in [-0.2, 0) is 14.3 Å². The lowest BCUT2D eigenvalue weighted by atomic mass is 10.3. The molecule has 7 heteroatoms. The molecule has 0 aliphatic rings. The number of nitrogens with zero attached hydrogens (tertiary/aromatic N) is 1. The molecule has 1 N–H and O–H groups in total. The van der Waals surface area contributed by atoms with Crippen LogP contribution in [-0.4, -0.2) is 49.4 Å². The Labute approximate surface area is 116 Å². The summed E-state index contributed by atoms with van der Waals surface area (Å²) in [6, 6.07) is 3.08. The van der Waals surface area contributed by atoms with Crippen LogP contribution in [0.15, 0.2) is 22.8 Å². The minimum absolute atomic E-state index is 0.125.